The van der Waals surface area contributed by atoms with Gasteiger partial charge < -0.3 is 11.1 Å². The van der Waals surface area contributed by atoms with E-state index in [2.05, 4.69) is 10.2 Å². The molecule has 1 fully saturated rings. The third kappa shape index (κ3) is 3.87. The summed E-state index contributed by atoms with van der Waals surface area (Å²) in [7, 11) is 1.96. The predicted octanol–water partition coefficient (Wildman–Crippen LogP) is -0.538. The number of primary amides is 1. The fraction of sp³-hybridized carbons (Fsp3) is 0.800. The third-order valence-electron chi connectivity index (χ3n) is 2.72. The van der Waals surface area contributed by atoms with Crippen molar-refractivity contribution in [3.05, 3.63) is 0 Å². The van der Waals surface area contributed by atoms with Crippen molar-refractivity contribution in [2.45, 2.75) is 31.7 Å². The van der Waals surface area contributed by atoms with Crippen LogP contribution < -0.4 is 11.1 Å². The Hall–Kier alpha value is -1.10. The summed E-state index contributed by atoms with van der Waals surface area (Å²) in [5.41, 5.74) is 4.99. The Morgan fingerprint density at radius 3 is 2.80 bits per heavy atom. The number of hydrogen-bond donors (Lipinski definition) is 2. The maximum absolute atomic E-state index is 11.6. The lowest BCUT2D eigenvalue weighted by Gasteiger charge is -2.18. The first-order chi connectivity index (χ1) is 7.11. The van der Waals surface area contributed by atoms with Gasteiger partial charge in [0.15, 0.2) is 0 Å². The number of carbonyl (C=O) groups is 2. The average molecular weight is 213 g/mol. The normalized spacial score (nSPS) is 21.5. The van der Waals surface area contributed by atoms with E-state index in [9.17, 15) is 9.59 Å². The molecular formula is C10H19N3O2. The van der Waals surface area contributed by atoms with Gasteiger partial charge in [-0.2, -0.15) is 0 Å². The predicted molar refractivity (Wildman–Crippen MR) is 57.1 cm³/mol. The van der Waals surface area contributed by atoms with Crippen LogP contribution >= 0.6 is 0 Å². The number of rotatable bonds is 5. The summed E-state index contributed by atoms with van der Waals surface area (Å²) in [5, 5.41) is 2.82. The summed E-state index contributed by atoms with van der Waals surface area (Å²) in [4.78, 5) is 24.1. The van der Waals surface area contributed by atoms with E-state index < -0.39 is 0 Å². The fourth-order valence-electron chi connectivity index (χ4n) is 1.83. The van der Waals surface area contributed by atoms with E-state index >= 15 is 0 Å². The molecule has 15 heavy (non-hydrogen) atoms. The zero-order chi connectivity index (χ0) is 11.3. The topological polar surface area (TPSA) is 75.4 Å². The second-order valence-electron chi connectivity index (χ2n) is 4.00. The van der Waals surface area contributed by atoms with Crippen LogP contribution in [0.15, 0.2) is 0 Å². The van der Waals surface area contributed by atoms with Crippen molar-refractivity contribution in [3.63, 3.8) is 0 Å². The lowest BCUT2D eigenvalue weighted by molar-refractivity contribution is -0.125. The minimum absolute atomic E-state index is 0.0126. The molecule has 0 spiro atoms. The summed E-state index contributed by atoms with van der Waals surface area (Å²) in [5.74, 6) is -0.248. The summed E-state index contributed by atoms with van der Waals surface area (Å²) in [6, 6.07) is 0.0126. The molecular weight excluding hydrogens is 194 g/mol. The van der Waals surface area contributed by atoms with Crippen molar-refractivity contribution in [1.82, 2.24) is 10.2 Å². The van der Waals surface area contributed by atoms with E-state index in [4.69, 9.17) is 5.73 Å². The number of nitrogens with zero attached hydrogens (tertiary/aromatic N) is 1. The molecule has 86 valence electrons. The van der Waals surface area contributed by atoms with Gasteiger partial charge in [0.1, 0.15) is 0 Å². The number of amides is 2. The molecule has 0 radical (unpaired) electrons. The average Bonchev–Trinajstić information content (AvgIpc) is 2.58. The van der Waals surface area contributed by atoms with E-state index in [1.54, 1.807) is 0 Å². The Labute approximate surface area is 90.0 Å². The second-order valence-corrected chi connectivity index (χ2v) is 4.00. The highest BCUT2D eigenvalue weighted by Gasteiger charge is 2.26. The van der Waals surface area contributed by atoms with Gasteiger partial charge in [0.2, 0.25) is 11.8 Å². The van der Waals surface area contributed by atoms with E-state index in [0.29, 0.717) is 19.4 Å². The summed E-state index contributed by atoms with van der Waals surface area (Å²) < 4.78 is 0. The van der Waals surface area contributed by atoms with Crippen LogP contribution in [0.3, 0.4) is 0 Å². The van der Waals surface area contributed by atoms with Gasteiger partial charge in [0.05, 0.1) is 6.04 Å². The highest BCUT2D eigenvalue weighted by molar-refractivity contribution is 5.82. The van der Waals surface area contributed by atoms with Gasteiger partial charge in [0, 0.05) is 13.0 Å². The Bertz CT molecular complexity index is 243. The molecule has 0 aromatic rings. The molecule has 3 N–H and O–H groups in total. The van der Waals surface area contributed by atoms with Gasteiger partial charge in [-0.25, -0.2) is 0 Å². The standard InChI is InChI=1S/C10H19N3O2/c1-13-7-3-4-8(13)10(15)12-6-2-5-9(11)14/h8H,2-7H2,1H3,(H2,11,14)(H,12,15). The lowest BCUT2D eigenvalue weighted by atomic mass is 10.2. The zero-order valence-electron chi connectivity index (χ0n) is 9.16. The van der Waals surface area contributed by atoms with E-state index in [0.717, 1.165) is 19.4 Å². The smallest absolute Gasteiger partial charge is 0.237 e. The number of likely N-dealkylation sites (tertiary alicyclic amines) is 1. The van der Waals surface area contributed by atoms with Crippen molar-refractivity contribution in [2.24, 2.45) is 5.73 Å². The van der Waals surface area contributed by atoms with Crippen LogP contribution in [0.1, 0.15) is 25.7 Å². The van der Waals surface area contributed by atoms with Crippen LogP contribution in [-0.4, -0.2) is 42.9 Å². The highest BCUT2D eigenvalue weighted by atomic mass is 16.2. The molecule has 0 saturated carbocycles. The Balaban J connectivity index is 2.15. The molecule has 5 nitrogen and oxygen atoms in total. The van der Waals surface area contributed by atoms with Crippen LogP contribution in [0, 0.1) is 0 Å². The number of nitrogens with two attached hydrogens (primary N) is 1. The van der Waals surface area contributed by atoms with Crippen LogP contribution in [0.5, 0.6) is 0 Å². The van der Waals surface area contributed by atoms with Crippen molar-refractivity contribution in [1.29, 1.82) is 0 Å². The largest absolute Gasteiger partial charge is 0.370 e. The quantitative estimate of drug-likeness (QED) is 0.602. The summed E-state index contributed by atoms with van der Waals surface area (Å²) in [6.45, 7) is 1.52. The molecule has 5 heteroatoms. The SMILES string of the molecule is CN1CCCC1C(=O)NCCCC(N)=O. The Kier molecular flexibility index (Phi) is 4.55. The molecule has 1 aliphatic heterocycles. The molecule has 0 aromatic carbocycles. The van der Waals surface area contributed by atoms with Gasteiger partial charge in [-0.15, -0.1) is 0 Å². The van der Waals surface area contributed by atoms with E-state index in [1.807, 2.05) is 7.05 Å². The van der Waals surface area contributed by atoms with Crippen molar-refractivity contribution in [2.75, 3.05) is 20.1 Å². The number of nitrogens with one attached hydrogen (secondary N) is 1. The van der Waals surface area contributed by atoms with Crippen LogP contribution in [-0.2, 0) is 9.59 Å². The van der Waals surface area contributed by atoms with E-state index in [-0.39, 0.29) is 17.9 Å². The van der Waals surface area contributed by atoms with Crippen LogP contribution in [0.25, 0.3) is 0 Å². The molecule has 1 heterocycles. The van der Waals surface area contributed by atoms with Crippen molar-refractivity contribution >= 4 is 11.8 Å². The first-order valence-electron chi connectivity index (χ1n) is 5.37. The minimum atomic E-state index is -0.317. The Morgan fingerprint density at radius 2 is 2.27 bits per heavy atom. The summed E-state index contributed by atoms with van der Waals surface area (Å²) in [6.07, 6.45) is 2.96. The minimum Gasteiger partial charge on any atom is -0.370 e. The van der Waals surface area contributed by atoms with Crippen LogP contribution in [0.4, 0.5) is 0 Å². The lowest BCUT2D eigenvalue weighted by Crippen LogP contribution is -2.41. The first kappa shape index (κ1) is 12.0. The molecule has 0 aromatic heterocycles. The molecule has 2 amide bonds. The van der Waals surface area contributed by atoms with E-state index in [1.165, 1.54) is 0 Å². The number of hydrogen-bond acceptors (Lipinski definition) is 3. The fourth-order valence-corrected chi connectivity index (χ4v) is 1.83. The van der Waals surface area contributed by atoms with Gasteiger partial charge in [-0.1, -0.05) is 0 Å². The van der Waals surface area contributed by atoms with Crippen molar-refractivity contribution < 1.29 is 9.59 Å². The number of likely N-dealkylation sites (N-methyl/N-ethyl adjacent to an activating group) is 1. The monoisotopic (exact) mass is 213 g/mol. The van der Waals surface area contributed by atoms with Gasteiger partial charge in [-0.3, -0.25) is 14.5 Å². The molecule has 0 aliphatic carbocycles. The molecule has 0 bridgehead atoms. The highest BCUT2D eigenvalue weighted by Crippen LogP contribution is 2.14. The maximum Gasteiger partial charge on any atom is 0.237 e. The van der Waals surface area contributed by atoms with Crippen LogP contribution in [0.2, 0.25) is 0 Å². The van der Waals surface area contributed by atoms with Gasteiger partial charge >= 0.3 is 0 Å². The Morgan fingerprint density at radius 1 is 1.53 bits per heavy atom. The number of carbonyl (C=O) groups excluding carboxylic acids is 2. The maximum atomic E-state index is 11.6. The van der Waals surface area contributed by atoms with Gasteiger partial charge in [0.25, 0.3) is 0 Å². The molecule has 1 rings (SSSR count). The first-order valence-corrected chi connectivity index (χ1v) is 5.37. The molecule has 1 unspecified atom stereocenters. The summed E-state index contributed by atoms with van der Waals surface area (Å²) >= 11 is 0. The molecule has 1 atom stereocenters. The van der Waals surface area contributed by atoms with Crippen molar-refractivity contribution in [3.8, 4) is 0 Å². The molecule has 1 aliphatic rings. The molecule has 1 saturated heterocycles. The second kappa shape index (κ2) is 5.70. The van der Waals surface area contributed by atoms with Gasteiger partial charge in [-0.05, 0) is 32.9 Å². The third-order valence-corrected chi connectivity index (χ3v) is 2.72. The zero-order valence-corrected chi connectivity index (χ0v) is 9.16.